The topological polar surface area (TPSA) is 41.6 Å². The first-order valence-corrected chi connectivity index (χ1v) is 7.77. The quantitative estimate of drug-likeness (QED) is 0.908. The lowest BCUT2D eigenvalue weighted by Crippen LogP contribution is -2.57. The molecule has 0 aromatic heterocycles. The van der Waals surface area contributed by atoms with Gasteiger partial charge in [0.15, 0.2) is 0 Å². The maximum atomic E-state index is 12.8. The molecule has 2 fully saturated rings. The third kappa shape index (κ3) is 3.45. The van der Waals surface area contributed by atoms with Crippen molar-refractivity contribution in [3.63, 3.8) is 0 Å². The van der Waals surface area contributed by atoms with E-state index in [9.17, 15) is 4.79 Å². The summed E-state index contributed by atoms with van der Waals surface area (Å²) in [6.07, 6.45) is 0.931. The number of carbonyl (C=O) groups is 1. The van der Waals surface area contributed by atoms with Crippen molar-refractivity contribution in [1.82, 2.24) is 10.2 Å². The van der Waals surface area contributed by atoms with Gasteiger partial charge in [-0.05, 0) is 32.4 Å². The van der Waals surface area contributed by atoms with Gasteiger partial charge in [-0.2, -0.15) is 0 Å². The number of benzene rings is 1. The molecule has 2 atom stereocenters. The van der Waals surface area contributed by atoms with Gasteiger partial charge in [-0.15, -0.1) is 12.4 Å². The van der Waals surface area contributed by atoms with Crippen LogP contribution in [0.15, 0.2) is 30.3 Å². The van der Waals surface area contributed by atoms with Crippen LogP contribution >= 0.6 is 12.4 Å². The third-order valence-electron chi connectivity index (χ3n) is 4.56. The standard InChI is InChI=1S/C17H24N2O2.ClH/c1-17(2)12-21-15(13-6-4-3-5-7-13)11-19(17)16(20)14-8-9-18-10-14;/h3-7,14-15,18H,8-12H2,1-2H3;1H. The Kier molecular flexibility index (Phi) is 5.48. The van der Waals surface area contributed by atoms with Crippen molar-refractivity contribution in [2.24, 2.45) is 5.92 Å². The highest BCUT2D eigenvalue weighted by molar-refractivity contribution is 5.85. The number of nitrogens with one attached hydrogen (secondary N) is 1. The molecule has 0 aliphatic carbocycles. The first-order chi connectivity index (χ1) is 10.1. The molecular weight excluding hydrogens is 300 g/mol. The minimum Gasteiger partial charge on any atom is -0.369 e. The largest absolute Gasteiger partial charge is 0.369 e. The first-order valence-electron chi connectivity index (χ1n) is 7.77. The third-order valence-corrected chi connectivity index (χ3v) is 4.56. The summed E-state index contributed by atoms with van der Waals surface area (Å²) < 4.78 is 6.01. The average molecular weight is 325 g/mol. The second-order valence-electron chi connectivity index (χ2n) is 6.66. The Morgan fingerprint density at radius 1 is 1.32 bits per heavy atom. The van der Waals surface area contributed by atoms with Crippen molar-refractivity contribution in [1.29, 1.82) is 0 Å². The summed E-state index contributed by atoms with van der Waals surface area (Å²) >= 11 is 0. The number of morpholine rings is 1. The number of ether oxygens (including phenoxy) is 1. The van der Waals surface area contributed by atoms with Crippen LogP contribution in [0.4, 0.5) is 0 Å². The zero-order valence-corrected chi connectivity index (χ0v) is 14.1. The van der Waals surface area contributed by atoms with Crippen molar-refractivity contribution in [3.05, 3.63) is 35.9 Å². The van der Waals surface area contributed by atoms with E-state index in [1.165, 1.54) is 0 Å². The predicted molar refractivity (Wildman–Crippen MR) is 89.2 cm³/mol. The Labute approximate surface area is 138 Å². The number of hydrogen-bond donors (Lipinski definition) is 1. The number of rotatable bonds is 2. The Balaban J connectivity index is 0.00000176. The van der Waals surface area contributed by atoms with Crippen LogP contribution in [-0.2, 0) is 9.53 Å². The molecule has 5 heteroatoms. The zero-order chi connectivity index (χ0) is 14.9. The minimum absolute atomic E-state index is 0. The van der Waals surface area contributed by atoms with E-state index < -0.39 is 0 Å². The summed E-state index contributed by atoms with van der Waals surface area (Å²) in [5.41, 5.74) is 0.917. The van der Waals surface area contributed by atoms with Gasteiger partial charge >= 0.3 is 0 Å². The number of nitrogens with zero attached hydrogens (tertiary/aromatic N) is 1. The van der Waals surface area contributed by atoms with E-state index in [4.69, 9.17) is 4.74 Å². The summed E-state index contributed by atoms with van der Waals surface area (Å²) in [6.45, 7) is 7.17. The summed E-state index contributed by atoms with van der Waals surface area (Å²) in [7, 11) is 0. The van der Waals surface area contributed by atoms with Gasteiger partial charge in [0.05, 0.1) is 24.6 Å². The second-order valence-corrected chi connectivity index (χ2v) is 6.66. The Bertz CT molecular complexity index is 501. The summed E-state index contributed by atoms with van der Waals surface area (Å²) in [4.78, 5) is 14.9. The molecule has 3 rings (SSSR count). The highest BCUT2D eigenvalue weighted by atomic mass is 35.5. The van der Waals surface area contributed by atoms with Crippen molar-refractivity contribution in [2.75, 3.05) is 26.2 Å². The van der Waals surface area contributed by atoms with E-state index in [-0.39, 0.29) is 35.9 Å². The predicted octanol–water partition coefficient (Wildman–Crippen LogP) is 2.40. The lowest BCUT2D eigenvalue weighted by molar-refractivity contribution is -0.158. The molecule has 2 heterocycles. The molecule has 0 bridgehead atoms. The fraction of sp³-hybridized carbons (Fsp3) is 0.588. The van der Waals surface area contributed by atoms with Crippen molar-refractivity contribution < 1.29 is 9.53 Å². The fourth-order valence-corrected chi connectivity index (χ4v) is 3.19. The van der Waals surface area contributed by atoms with Crippen LogP contribution in [0.5, 0.6) is 0 Å². The molecule has 0 saturated carbocycles. The molecule has 122 valence electrons. The van der Waals surface area contributed by atoms with E-state index in [1.807, 2.05) is 23.1 Å². The molecule has 1 amide bonds. The fourth-order valence-electron chi connectivity index (χ4n) is 3.19. The molecular formula is C17H25ClN2O2. The average Bonchev–Trinajstić information content (AvgIpc) is 3.01. The molecule has 2 aliphatic rings. The van der Waals surface area contributed by atoms with E-state index in [1.54, 1.807) is 0 Å². The van der Waals surface area contributed by atoms with Gasteiger partial charge < -0.3 is 15.0 Å². The van der Waals surface area contributed by atoms with Crippen molar-refractivity contribution in [3.8, 4) is 0 Å². The number of halogens is 1. The molecule has 22 heavy (non-hydrogen) atoms. The van der Waals surface area contributed by atoms with E-state index in [2.05, 4.69) is 31.3 Å². The Morgan fingerprint density at radius 3 is 2.68 bits per heavy atom. The molecule has 0 spiro atoms. The smallest absolute Gasteiger partial charge is 0.227 e. The number of amides is 1. The van der Waals surface area contributed by atoms with Gasteiger partial charge in [0.2, 0.25) is 5.91 Å². The van der Waals surface area contributed by atoms with E-state index in [0.717, 1.165) is 25.1 Å². The lowest BCUT2D eigenvalue weighted by Gasteiger charge is -2.46. The molecule has 2 unspecified atom stereocenters. The zero-order valence-electron chi connectivity index (χ0n) is 13.2. The van der Waals surface area contributed by atoms with Crippen LogP contribution in [0.2, 0.25) is 0 Å². The monoisotopic (exact) mass is 324 g/mol. The maximum Gasteiger partial charge on any atom is 0.227 e. The maximum absolute atomic E-state index is 12.8. The lowest BCUT2D eigenvalue weighted by atomic mass is 9.95. The molecule has 4 nitrogen and oxygen atoms in total. The number of hydrogen-bond acceptors (Lipinski definition) is 3. The van der Waals surface area contributed by atoms with Crippen LogP contribution in [0.25, 0.3) is 0 Å². The minimum atomic E-state index is -0.231. The van der Waals surface area contributed by atoms with Gasteiger partial charge in [0.1, 0.15) is 6.10 Å². The first kappa shape index (κ1) is 17.3. The molecule has 1 aromatic carbocycles. The van der Waals surface area contributed by atoms with Gasteiger partial charge in [-0.1, -0.05) is 30.3 Å². The molecule has 2 saturated heterocycles. The summed E-state index contributed by atoms with van der Waals surface area (Å²) in [5, 5.41) is 3.28. The summed E-state index contributed by atoms with van der Waals surface area (Å²) in [6, 6.07) is 10.2. The van der Waals surface area contributed by atoms with Crippen LogP contribution < -0.4 is 5.32 Å². The van der Waals surface area contributed by atoms with Gasteiger partial charge in [-0.3, -0.25) is 4.79 Å². The second kappa shape index (κ2) is 6.99. The molecule has 2 aliphatic heterocycles. The SMILES string of the molecule is CC1(C)COC(c2ccccc2)CN1C(=O)C1CCNC1.Cl. The van der Waals surface area contributed by atoms with Crippen molar-refractivity contribution >= 4 is 18.3 Å². The highest BCUT2D eigenvalue weighted by Gasteiger charge is 2.41. The van der Waals surface area contributed by atoms with Gasteiger partial charge in [-0.25, -0.2) is 0 Å². The molecule has 1 aromatic rings. The van der Waals surface area contributed by atoms with E-state index >= 15 is 0 Å². The highest BCUT2D eigenvalue weighted by Crippen LogP contribution is 2.32. The van der Waals surface area contributed by atoms with E-state index in [0.29, 0.717) is 13.2 Å². The van der Waals surface area contributed by atoms with Gasteiger partial charge in [0, 0.05) is 6.54 Å². The molecule has 1 N–H and O–H groups in total. The Hall–Kier alpha value is -1.10. The van der Waals surface area contributed by atoms with Crippen LogP contribution in [0.1, 0.15) is 31.9 Å². The van der Waals surface area contributed by atoms with Crippen LogP contribution in [0.3, 0.4) is 0 Å². The molecule has 0 radical (unpaired) electrons. The number of carbonyl (C=O) groups excluding carboxylic acids is 1. The van der Waals surface area contributed by atoms with Crippen LogP contribution in [0, 0.1) is 5.92 Å². The normalized spacial score (nSPS) is 27.3. The van der Waals surface area contributed by atoms with Crippen LogP contribution in [-0.4, -0.2) is 42.6 Å². The Morgan fingerprint density at radius 2 is 2.05 bits per heavy atom. The summed E-state index contributed by atoms with van der Waals surface area (Å²) in [5.74, 6) is 0.396. The van der Waals surface area contributed by atoms with Crippen molar-refractivity contribution in [2.45, 2.75) is 31.9 Å². The van der Waals surface area contributed by atoms with Gasteiger partial charge in [0.25, 0.3) is 0 Å².